The Morgan fingerprint density at radius 1 is 1.22 bits per heavy atom. The third-order valence-electron chi connectivity index (χ3n) is 4.30. The van der Waals surface area contributed by atoms with Crippen LogP contribution in [0.5, 0.6) is 0 Å². The average Bonchev–Trinajstić information content (AvgIpc) is 2.75. The van der Waals surface area contributed by atoms with Gasteiger partial charge in [0.15, 0.2) is 5.78 Å². The van der Waals surface area contributed by atoms with E-state index in [2.05, 4.69) is 0 Å². The van der Waals surface area contributed by atoms with Gasteiger partial charge in [-0.2, -0.15) is 13.2 Å². The van der Waals surface area contributed by atoms with Crippen LogP contribution < -0.4 is 0 Å². The minimum absolute atomic E-state index is 0.126. The summed E-state index contributed by atoms with van der Waals surface area (Å²) >= 11 is 1.68. The number of carbonyl (C=O) groups excluding carboxylic acids is 1. The second kappa shape index (κ2) is 5.06. The molecule has 0 aromatic carbocycles. The lowest BCUT2D eigenvalue weighted by atomic mass is 9.76. The molecule has 1 aliphatic heterocycles. The smallest absolute Gasteiger partial charge is 0.298 e. The summed E-state index contributed by atoms with van der Waals surface area (Å²) < 4.78 is 37.3. The fourth-order valence-electron chi connectivity index (χ4n) is 3.09. The number of rotatable bonds is 2. The summed E-state index contributed by atoms with van der Waals surface area (Å²) in [5.74, 6) is -0.129. The second-order valence-electron chi connectivity index (χ2n) is 5.64. The van der Waals surface area contributed by atoms with E-state index in [0.717, 1.165) is 18.6 Å². The minimum atomic E-state index is -4.08. The Morgan fingerprint density at radius 2 is 1.83 bits per heavy atom. The van der Waals surface area contributed by atoms with Crippen LogP contribution in [0, 0.1) is 11.8 Å². The largest absolute Gasteiger partial charge is 0.391 e. The van der Waals surface area contributed by atoms with E-state index in [1.54, 1.807) is 11.8 Å². The first kappa shape index (κ1) is 14.2. The molecule has 2 aliphatic rings. The highest BCUT2D eigenvalue weighted by Crippen LogP contribution is 2.45. The molecule has 0 aromatic heterocycles. The number of hydrogen-bond acceptors (Lipinski definition) is 2. The van der Waals surface area contributed by atoms with Gasteiger partial charge in [-0.1, -0.05) is 0 Å². The van der Waals surface area contributed by atoms with Crippen molar-refractivity contribution >= 4 is 17.5 Å². The van der Waals surface area contributed by atoms with Crippen LogP contribution in [-0.2, 0) is 4.79 Å². The Labute approximate surface area is 110 Å². The van der Waals surface area contributed by atoms with E-state index in [4.69, 9.17) is 0 Å². The highest BCUT2D eigenvalue weighted by molar-refractivity contribution is 8.01. The molecule has 18 heavy (non-hydrogen) atoms. The maximum atomic E-state index is 12.6. The van der Waals surface area contributed by atoms with Crippen LogP contribution in [0.25, 0.3) is 0 Å². The van der Waals surface area contributed by atoms with Gasteiger partial charge >= 0.3 is 6.18 Å². The molecule has 1 aliphatic carbocycles. The molecule has 5 heteroatoms. The van der Waals surface area contributed by atoms with Gasteiger partial charge in [0, 0.05) is 5.92 Å². The Hall–Kier alpha value is -0.190. The quantitative estimate of drug-likeness (QED) is 0.753. The molecule has 0 radical (unpaired) electrons. The number of Topliss-reactive ketones (excluding diaryl/α,β-unsaturated/α-hetero) is 1. The molecule has 1 unspecified atom stereocenters. The van der Waals surface area contributed by atoms with Gasteiger partial charge in [0.25, 0.3) is 0 Å². The number of halogens is 3. The van der Waals surface area contributed by atoms with Crippen molar-refractivity contribution in [2.24, 2.45) is 11.8 Å². The summed E-state index contributed by atoms with van der Waals surface area (Å²) in [4.78, 5) is 12.4. The molecule has 1 atom stereocenters. The van der Waals surface area contributed by atoms with Crippen molar-refractivity contribution in [1.82, 2.24) is 0 Å². The Morgan fingerprint density at radius 3 is 2.28 bits per heavy atom. The Balaban J connectivity index is 1.92. The molecule has 1 nitrogen and oxygen atoms in total. The Kier molecular flexibility index (Phi) is 4.00. The summed E-state index contributed by atoms with van der Waals surface area (Å²) in [6, 6.07) is 0. The van der Waals surface area contributed by atoms with Crippen LogP contribution in [0.2, 0.25) is 0 Å². The molecule has 104 valence electrons. The van der Waals surface area contributed by atoms with E-state index in [1.165, 1.54) is 0 Å². The van der Waals surface area contributed by atoms with E-state index >= 15 is 0 Å². The third kappa shape index (κ3) is 2.86. The van der Waals surface area contributed by atoms with Crippen LogP contribution in [-0.4, -0.2) is 22.5 Å². The zero-order valence-electron chi connectivity index (χ0n) is 10.6. The number of ketones is 1. The number of alkyl halides is 3. The second-order valence-corrected chi connectivity index (χ2v) is 7.24. The van der Waals surface area contributed by atoms with E-state index in [-0.39, 0.29) is 29.3 Å². The van der Waals surface area contributed by atoms with E-state index < -0.39 is 12.1 Å². The number of carbonyl (C=O) groups is 1. The maximum absolute atomic E-state index is 12.6. The molecular formula is C13H19F3OS. The molecule has 0 amide bonds. The minimum Gasteiger partial charge on any atom is -0.298 e. The van der Waals surface area contributed by atoms with Crippen molar-refractivity contribution in [3.8, 4) is 0 Å². The van der Waals surface area contributed by atoms with E-state index in [0.29, 0.717) is 12.8 Å². The van der Waals surface area contributed by atoms with Crippen LogP contribution in [0.4, 0.5) is 13.2 Å². The fraction of sp³-hybridized carbons (Fsp3) is 0.923. The van der Waals surface area contributed by atoms with Gasteiger partial charge in [-0.15, -0.1) is 11.8 Å². The van der Waals surface area contributed by atoms with Gasteiger partial charge in [0.1, 0.15) is 0 Å². The first-order valence-corrected chi connectivity index (χ1v) is 7.56. The van der Waals surface area contributed by atoms with Crippen LogP contribution >= 0.6 is 11.8 Å². The van der Waals surface area contributed by atoms with Gasteiger partial charge in [0.05, 0.1) is 10.7 Å². The molecule has 2 fully saturated rings. The summed E-state index contributed by atoms with van der Waals surface area (Å²) in [6.45, 7) is 1.96. The van der Waals surface area contributed by atoms with Crippen molar-refractivity contribution in [3.05, 3.63) is 0 Å². The van der Waals surface area contributed by atoms with Gasteiger partial charge in [0.2, 0.25) is 0 Å². The van der Waals surface area contributed by atoms with Crippen LogP contribution in [0.15, 0.2) is 0 Å². The summed E-state index contributed by atoms with van der Waals surface area (Å²) in [5.41, 5.74) is 0. The molecule has 0 aromatic rings. The first-order valence-electron chi connectivity index (χ1n) is 6.58. The van der Waals surface area contributed by atoms with Gasteiger partial charge in [-0.3, -0.25) is 4.79 Å². The van der Waals surface area contributed by atoms with E-state index in [1.807, 2.05) is 6.92 Å². The van der Waals surface area contributed by atoms with Gasteiger partial charge in [-0.25, -0.2) is 0 Å². The number of thioether (sulfide) groups is 1. The zero-order chi connectivity index (χ0) is 13.4. The van der Waals surface area contributed by atoms with Crippen molar-refractivity contribution < 1.29 is 18.0 Å². The monoisotopic (exact) mass is 280 g/mol. The van der Waals surface area contributed by atoms with Crippen molar-refractivity contribution in [2.75, 3.05) is 5.75 Å². The molecule has 0 spiro atoms. The van der Waals surface area contributed by atoms with E-state index in [9.17, 15) is 18.0 Å². The topological polar surface area (TPSA) is 17.1 Å². The maximum Gasteiger partial charge on any atom is 0.391 e. The Bertz CT molecular complexity index is 313. The summed E-state index contributed by atoms with van der Waals surface area (Å²) in [6.07, 6.45) is -1.07. The first-order chi connectivity index (χ1) is 8.33. The highest BCUT2D eigenvalue weighted by Gasteiger charge is 2.46. The summed E-state index contributed by atoms with van der Waals surface area (Å²) in [5, 5.41) is 0. The normalized spacial score (nSPS) is 37.8. The van der Waals surface area contributed by atoms with Crippen LogP contribution in [0.1, 0.15) is 45.4 Å². The standard InChI is InChI=1S/C13H19F3OS/c1-12(7-2-8-18-12)11(17)9-3-5-10(6-4-9)13(14,15)16/h9-10H,2-8H2,1H3. The lowest BCUT2D eigenvalue weighted by Gasteiger charge is -2.33. The molecule has 1 saturated carbocycles. The predicted octanol–water partition coefficient (Wildman–Crippen LogP) is 4.21. The third-order valence-corrected chi connectivity index (χ3v) is 5.84. The highest BCUT2D eigenvalue weighted by atomic mass is 32.2. The van der Waals surface area contributed by atoms with Crippen molar-refractivity contribution in [3.63, 3.8) is 0 Å². The molecule has 0 bridgehead atoms. The zero-order valence-corrected chi connectivity index (χ0v) is 11.4. The molecule has 1 heterocycles. The van der Waals surface area contributed by atoms with Gasteiger partial charge < -0.3 is 0 Å². The molecule has 0 N–H and O–H groups in total. The van der Waals surface area contributed by atoms with Crippen molar-refractivity contribution in [1.29, 1.82) is 0 Å². The lowest BCUT2D eigenvalue weighted by molar-refractivity contribution is -0.184. The predicted molar refractivity (Wildman–Crippen MR) is 66.6 cm³/mol. The molecule has 1 saturated heterocycles. The summed E-state index contributed by atoms with van der Waals surface area (Å²) in [7, 11) is 0. The van der Waals surface area contributed by atoms with Gasteiger partial charge in [-0.05, 0) is 51.2 Å². The molecular weight excluding hydrogens is 261 g/mol. The fourth-order valence-corrected chi connectivity index (χ4v) is 4.42. The lowest BCUT2D eigenvalue weighted by Crippen LogP contribution is -2.38. The molecule has 2 rings (SSSR count). The van der Waals surface area contributed by atoms with Crippen molar-refractivity contribution in [2.45, 2.75) is 56.4 Å². The SMILES string of the molecule is CC1(C(=O)C2CCC(C(F)(F)F)CC2)CCCS1. The number of hydrogen-bond donors (Lipinski definition) is 0. The average molecular weight is 280 g/mol. The van der Waals surface area contributed by atoms with Crippen LogP contribution in [0.3, 0.4) is 0 Å².